The highest BCUT2D eigenvalue weighted by Gasteiger charge is 2.34. The number of likely N-dealkylation sites (N-methyl/N-ethyl adjacent to an activating group) is 1. The fourth-order valence-electron chi connectivity index (χ4n) is 4.82. The molecule has 4 aromatic rings. The van der Waals surface area contributed by atoms with Crippen molar-refractivity contribution in [3.63, 3.8) is 0 Å². The number of rotatable bonds is 6. The number of aromatic amines is 1. The van der Waals surface area contributed by atoms with E-state index in [1.807, 2.05) is 6.20 Å². The number of benzene rings is 3. The number of H-pyrrole nitrogens is 1. The summed E-state index contributed by atoms with van der Waals surface area (Å²) in [6, 6.07) is 12.5. The van der Waals surface area contributed by atoms with Crippen molar-refractivity contribution >= 4 is 0 Å². The van der Waals surface area contributed by atoms with Crippen molar-refractivity contribution in [3.8, 4) is 28.0 Å². The first-order chi connectivity index (χ1) is 18.6. The van der Waals surface area contributed by atoms with Gasteiger partial charge in [-0.3, -0.25) is 10.00 Å². The van der Waals surface area contributed by atoms with E-state index in [1.165, 1.54) is 18.2 Å². The average molecular weight is 547 g/mol. The van der Waals surface area contributed by atoms with Crippen LogP contribution in [0.3, 0.4) is 0 Å². The van der Waals surface area contributed by atoms with Crippen LogP contribution in [0.25, 0.3) is 22.3 Å². The summed E-state index contributed by atoms with van der Waals surface area (Å²) in [6.07, 6.45) is -1.65. The third-order valence-corrected chi connectivity index (χ3v) is 6.79. The highest BCUT2D eigenvalue weighted by molar-refractivity contribution is 5.71. The molecule has 1 saturated heterocycles. The van der Waals surface area contributed by atoms with Crippen molar-refractivity contribution < 1.29 is 31.1 Å². The maximum absolute atomic E-state index is 15.0. The van der Waals surface area contributed by atoms with Gasteiger partial charge in [0.05, 0.1) is 12.2 Å². The minimum absolute atomic E-state index is 0.00962. The summed E-state index contributed by atoms with van der Waals surface area (Å²) in [5.74, 6) is -4.94. The van der Waals surface area contributed by atoms with Gasteiger partial charge in [0, 0.05) is 43.5 Å². The van der Waals surface area contributed by atoms with Gasteiger partial charge in [-0.1, -0.05) is 30.3 Å². The second kappa shape index (κ2) is 10.7. The van der Waals surface area contributed by atoms with Gasteiger partial charge < -0.3 is 9.64 Å². The van der Waals surface area contributed by atoms with Gasteiger partial charge in [-0.05, 0) is 53.6 Å². The van der Waals surface area contributed by atoms with Crippen molar-refractivity contribution in [2.45, 2.75) is 12.4 Å². The molecule has 0 bridgehead atoms. The summed E-state index contributed by atoms with van der Waals surface area (Å²) in [4.78, 5) is 4.56. The lowest BCUT2D eigenvalue weighted by atomic mass is 9.94. The monoisotopic (exact) mass is 546 g/mol. The standard InChI is InChI=1S/C28H24F6N4O/c1-37-8-10-38(11-9-37)26(21-15-35-36-16-21)19-6-7-23(29)22(12-19)18-4-2-17(3-5-18)20-13-24(30)27(25(31)14-20)39-28(32,33)34/h2-7,12-16,26H,8-11H2,1H3,(H,35,36). The largest absolute Gasteiger partial charge is 0.573 e. The normalized spacial score (nSPS) is 15.9. The zero-order chi connectivity index (χ0) is 27.7. The van der Waals surface area contributed by atoms with Crippen LogP contribution in [-0.4, -0.2) is 59.6 Å². The molecule has 1 aliphatic heterocycles. The number of piperazine rings is 1. The molecule has 0 spiro atoms. The van der Waals surface area contributed by atoms with Crippen molar-refractivity contribution in [2.75, 3.05) is 33.2 Å². The van der Waals surface area contributed by atoms with Crippen LogP contribution in [0.5, 0.6) is 5.75 Å². The number of hydrogen-bond donors (Lipinski definition) is 1. The first kappa shape index (κ1) is 26.8. The lowest BCUT2D eigenvalue weighted by Crippen LogP contribution is -2.46. The number of hydrogen-bond acceptors (Lipinski definition) is 4. The van der Waals surface area contributed by atoms with E-state index in [0.29, 0.717) is 16.7 Å². The zero-order valence-electron chi connectivity index (χ0n) is 20.8. The van der Waals surface area contributed by atoms with E-state index in [2.05, 4.69) is 31.8 Å². The molecule has 1 atom stereocenters. The molecule has 1 aliphatic rings. The van der Waals surface area contributed by atoms with Crippen molar-refractivity contribution in [2.24, 2.45) is 0 Å². The summed E-state index contributed by atoms with van der Waals surface area (Å²) < 4.78 is 84.2. The average Bonchev–Trinajstić information content (AvgIpc) is 3.42. The molecule has 11 heteroatoms. The van der Waals surface area contributed by atoms with Crippen LogP contribution in [0.4, 0.5) is 26.3 Å². The first-order valence-electron chi connectivity index (χ1n) is 12.2. The molecule has 1 fully saturated rings. The summed E-state index contributed by atoms with van der Waals surface area (Å²) in [7, 11) is 2.07. The van der Waals surface area contributed by atoms with Gasteiger partial charge in [-0.2, -0.15) is 5.10 Å². The van der Waals surface area contributed by atoms with E-state index in [-0.39, 0.29) is 11.6 Å². The SMILES string of the molecule is CN1CCN(C(c2cn[nH]c2)c2ccc(F)c(-c3ccc(-c4cc(F)c(OC(F)(F)F)c(F)c4)cc3)c2)CC1. The molecule has 3 aromatic carbocycles. The van der Waals surface area contributed by atoms with Gasteiger partial charge in [0.25, 0.3) is 0 Å². The Balaban J connectivity index is 1.45. The van der Waals surface area contributed by atoms with Crippen LogP contribution in [0, 0.1) is 17.5 Å². The van der Waals surface area contributed by atoms with E-state index < -0.39 is 29.6 Å². The summed E-state index contributed by atoms with van der Waals surface area (Å²) >= 11 is 0. The highest BCUT2D eigenvalue weighted by atomic mass is 19.4. The molecule has 1 N–H and O–H groups in total. The minimum atomic E-state index is -5.23. The molecule has 0 saturated carbocycles. The van der Waals surface area contributed by atoms with E-state index in [1.54, 1.807) is 30.5 Å². The Hall–Kier alpha value is -3.83. The molecule has 5 nitrogen and oxygen atoms in total. The molecule has 39 heavy (non-hydrogen) atoms. The molecule has 2 heterocycles. The summed E-state index contributed by atoms with van der Waals surface area (Å²) in [5, 5.41) is 6.95. The summed E-state index contributed by atoms with van der Waals surface area (Å²) in [6.45, 7) is 3.45. The van der Waals surface area contributed by atoms with E-state index in [0.717, 1.165) is 49.4 Å². The van der Waals surface area contributed by atoms with Crippen LogP contribution >= 0.6 is 0 Å². The molecular weight excluding hydrogens is 522 g/mol. The molecule has 204 valence electrons. The predicted octanol–water partition coefficient (Wildman–Crippen LogP) is 6.40. The molecule has 0 amide bonds. The van der Waals surface area contributed by atoms with Gasteiger partial charge in [0.1, 0.15) is 5.82 Å². The Labute approximate surface area is 220 Å². The smallest absolute Gasteiger partial charge is 0.399 e. The van der Waals surface area contributed by atoms with Crippen LogP contribution in [0.2, 0.25) is 0 Å². The van der Waals surface area contributed by atoms with Crippen LogP contribution in [0.15, 0.2) is 67.0 Å². The van der Waals surface area contributed by atoms with Crippen LogP contribution < -0.4 is 4.74 Å². The van der Waals surface area contributed by atoms with Crippen molar-refractivity contribution in [1.29, 1.82) is 0 Å². The van der Waals surface area contributed by atoms with E-state index >= 15 is 4.39 Å². The maximum Gasteiger partial charge on any atom is 0.573 e. The number of alkyl halides is 3. The van der Waals surface area contributed by atoms with Crippen LogP contribution in [0.1, 0.15) is 17.2 Å². The Kier molecular flexibility index (Phi) is 7.37. The van der Waals surface area contributed by atoms with Crippen LogP contribution in [-0.2, 0) is 0 Å². The van der Waals surface area contributed by atoms with Crippen molar-refractivity contribution in [3.05, 3.63) is 95.6 Å². The fraction of sp³-hybridized carbons (Fsp3) is 0.250. The van der Waals surface area contributed by atoms with Gasteiger partial charge in [-0.15, -0.1) is 13.2 Å². The number of halogens is 6. The Bertz CT molecular complexity index is 1410. The predicted molar refractivity (Wildman–Crippen MR) is 133 cm³/mol. The molecule has 5 rings (SSSR count). The minimum Gasteiger partial charge on any atom is -0.399 e. The molecule has 1 aromatic heterocycles. The van der Waals surface area contributed by atoms with E-state index in [4.69, 9.17) is 0 Å². The topological polar surface area (TPSA) is 44.4 Å². The lowest BCUT2D eigenvalue weighted by Gasteiger charge is -2.38. The van der Waals surface area contributed by atoms with Crippen molar-refractivity contribution in [1.82, 2.24) is 20.0 Å². The molecule has 0 radical (unpaired) electrons. The second-order valence-corrected chi connectivity index (χ2v) is 9.41. The number of ether oxygens (including phenoxy) is 1. The molecular formula is C28H24F6N4O. The second-order valence-electron chi connectivity index (χ2n) is 9.41. The Morgan fingerprint density at radius 2 is 1.44 bits per heavy atom. The lowest BCUT2D eigenvalue weighted by molar-refractivity contribution is -0.276. The Morgan fingerprint density at radius 1 is 0.795 bits per heavy atom. The van der Waals surface area contributed by atoms with Gasteiger partial charge in [0.15, 0.2) is 11.6 Å². The van der Waals surface area contributed by atoms with Gasteiger partial charge in [-0.25, -0.2) is 13.2 Å². The highest BCUT2D eigenvalue weighted by Crippen LogP contribution is 2.36. The van der Waals surface area contributed by atoms with E-state index in [9.17, 15) is 22.0 Å². The molecule has 0 aliphatic carbocycles. The third kappa shape index (κ3) is 5.94. The first-order valence-corrected chi connectivity index (χ1v) is 12.2. The van der Waals surface area contributed by atoms with Gasteiger partial charge >= 0.3 is 6.36 Å². The zero-order valence-corrected chi connectivity index (χ0v) is 20.8. The third-order valence-electron chi connectivity index (χ3n) is 6.79. The summed E-state index contributed by atoms with van der Waals surface area (Å²) in [5.41, 5.74) is 3.05. The Morgan fingerprint density at radius 3 is 2.03 bits per heavy atom. The number of aromatic nitrogens is 2. The number of nitrogens with one attached hydrogen (secondary N) is 1. The maximum atomic E-state index is 15.0. The molecule has 1 unspecified atom stereocenters. The van der Waals surface area contributed by atoms with Gasteiger partial charge in [0.2, 0.25) is 5.75 Å². The quantitative estimate of drug-likeness (QED) is 0.285. The number of nitrogens with zero attached hydrogens (tertiary/aromatic N) is 3. The fourth-order valence-corrected chi connectivity index (χ4v) is 4.82.